The van der Waals surface area contributed by atoms with Crippen LogP contribution < -0.4 is 22.5 Å². The van der Waals surface area contributed by atoms with E-state index in [1.165, 1.54) is 13.0 Å². The summed E-state index contributed by atoms with van der Waals surface area (Å²) in [5.41, 5.74) is 18.6. The topological polar surface area (TPSA) is 107 Å². The van der Waals surface area contributed by atoms with Gasteiger partial charge in [-0.1, -0.05) is 12.2 Å². The van der Waals surface area contributed by atoms with Gasteiger partial charge in [-0.3, -0.25) is 4.79 Å². The van der Waals surface area contributed by atoms with E-state index < -0.39 is 0 Å². The van der Waals surface area contributed by atoms with Gasteiger partial charge in [0.25, 0.3) is 0 Å². The van der Waals surface area contributed by atoms with Gasteiger partial charge in [0.1, 0.15) is 0 Å². The van der Waals surface area contributed by atoms with Gasteiger partial charge < -0.3 is 22.5 Å². The third-order valence-corrected chi connectivity index (χ3v) is 2.23. The van der Waals surface area contributed by atoms with E-state index in [4.69, 9.17) is 17.2 Å². The summed E-state index contributed by atoms with van der Waals surface area (Å²) in [6.45, 7) is 1.46. The largest absolute Gasteiger partial charge is 0.398 e. The van der Waals surface area contributed by atoms with Crippen LogP contribution in [-0.2, 0) is 4.79 Å². The SMILES string of the molecule is CC(=O)NC1=CCCC=C1/C(N)=C/C=C(N)N. The van der Waals surface area contributed by atoms with Crippen LogP contribution in [0.2, 0.25) is 0 Å². The number of nitrogens with one attached hydrogen (secondary N) is 1. The van der Waals surface area contributed by atoms with Gasteiger partial charge in [0.2, 0.25) is 5.91 Å². The van der Waals surface area contributed by atoms with Crippen LogP contribution >= 0.6 is 0 Å². The molecule has 7 N–H and O–H groups in total. The molecule has 0 aliphatic heterocycles. The average Bonchev–Trinajstić information content (AvgIpc) is 2.25. The smallest absolute Gasteiger partial charge is 0.221 e. The van der Waals surface area contributed by atoms with E-state index in [1.54, 1.807) is 6.08 Å². The van der Waals surface area contributed by atoms with Crippen molar-refractivity contribution in [2.75, 3.05) is 0 Å². The standard InChI is InChI=1S/C12H18N4O/c1-8(17)16-11-5-3-2-4-9(11)10(13)6-7-12(14)15/h4-7H,2-3,13-15H2,1H3,(H,16,17)/b10-6-. The Morgan fingerprint density at radius 1 is 1.24 bits per heavy atom. The molecule has 0 radical (unpaired) electrons. The molecule has 17 heavy (non-hydrogen) atoms. The molecule has 1 rings (SSSR count). The Morgan fingerprint density at radius 2 is 1.88 bits per heavy atom. The van der Waals surface area contributed by atoms with Crippen LogP contribution in [0.3, 0.4) is 0 Å². The highest BCUT2D eigenvalue weighted by molar-refractivity contribution is 5.76. The summed E-state index contributed by atoms with van der Waals surface area (Å²) < 4.78 is 0. The Kier molecular flexibility index (Phi) is 4.39. The number of hydrogen-bond donors (Lipinski definition) is 4. The molecule has 5 heteroatoms. The molecule has 0 bridgehead atoms. The van der Waals surface area contributed by atoms with Crippen LogP contribution in [0, 0.1) is 0 Å². The maximum atomic E-state index is 11.1. The molecule has 0 heterocycles. The molecule has 0 atom stereocenters. The van der Waals surface area contributed by atoms with E-state index in [0.29, 0.717) is 5.70 Å². The first-order valence-corrected chi connectivity index (χ1v) is 5.37. The average molecular weight is 234 g/mol. The molecule has 0 saturated carbocycles. The Labute approximate surface area is 101 Å². The van der Waals surface area contributed by atoms with E-state index in [2.05, 4.69) is 5.32 Å². The third-order valence-electron chi connectivity index (χ3n) is 2.23. The van der Waals surface area contributed by atoms with E-state index in [1.807, 2.05) is 12.2 Å². The fourth-order valence-electron chi connectivity index (χ4n) is 1.53. The Morgan fingerprint density at radius 3 is 2.47 bits per heavy atom. The van der Waals surface area contributed by atoms with Crippen LogP contribution in [0.1, 0.15) is 19.8 Å². The van der Waals surface area contributed by atoms with Gasteiger partial charge in [0.15, 0.2) is 0 Å². The number of nitrogens with two attached hydrogens (primary N) is 3. The lowest BCUT2D eigenvalue weighted by molar-refractivity contribution is -0.118. The molecular weight excluding hydrogens is 216 g/mol. The molecule has 1 amide bonds. The first kappa shape index (κ1) is 12.9. The van der Waals surface area contributed by atoms with Crippen molar-refractivity contribution in [3.05, 3.63) is 47.1 Å². The Bertz CT molecular complexity index is 426. The predicted octanol–water partition coefficient (Wildman–Crippen LogP) is 0.328. The maximum absolute atomic E-state index is 11.1. The summed E-state index contributed by atoms with van der Waals surface area (Å²) in [5, 5.41) is 2.75. The summed E-state index contributed by atoms with van der Waals surface area (Å²) in [6, 6.07) is 0. The summed E-state index contributed by atoms with van der Waals surface area (Å²) in [4.78, 5) is 11.1. The van der Waals surface area contributed by atoms with Crippen LogP contribution in [0.25, 0.3) is 0 Å². The van der Waals surface area contributed by atoms with Gasteiger partial charge in [-0.2, -0.15) is 0 Å². The van der Waals surface area contributed by atoms with Crippen molar-refractivity contribution in [2.45, 2.75) is 19.8 Å². The number of hydrogen-bond acceptors (Lipinski definition) is 4. The lowest BCUT2D eigenvalue weighted by atomic mass is 10.00. The van der Waals surface area contributed by atoms with Crippen molar-refractivity contribution in [3.8, 4) is 0 Å². The van der Waals surface area contributed by atoms with E-state index in [-0.39, 0.29) is 11.7 Å². The molecule has 0 fully saturated rings. The van der Waals surface area contributed by atoms with Crippen LogP contribution in [-0.4, -0.2) is 5.91 Å². The number of amides is 1. The summed E-state index contributed by atoms with van der Waals surface area (Å²) in [7, 11) is 0. The fourth-order valence-corrected chi connectivity index (χ4v) is 1.53. The van der Waals surface area contributed by atoms with Gasteiger partial charge in [0, 0.05) is 23.9 Å². The molecule has 0 aromatic heterocycles. The normalized spacial score (nSPS) is 15.7. The molecule has 0 saturated heterocycles. The number of allylic oxidation sites excluding steroid dienone is 4. The minimum absolute atomic E-state index is 0.120. The lowest BCUT2D eigenvalue weighted by Gasteiger charge is -2.16. The zero-order chi connectivity index (χ0) is 12.8. The van der Waals surface area contributed by atoms with Gasteiger partial charge in [0.05, 0.1) is 5.82 Å². The van der Waals surface area contributed by atoms with Crippen molar-refractivity contribution in [2.24, 2.45) is 17.2 Å². The molecule has 0 unspecified atom stereocenters. The van der Waals surface area contributed by atoms with E-state index >= 15 is 0 Å². The number of carbonyl (C=O) groups excluding carboxylic acids is 1. The van der Waals surface area contributed by atoms with Crippen molar-refractivity contribution in [1.82, 2.24) is 5.32 Å². The summed E-state index contributed by atoms with van der Waals surface area (Å²) in [5.74, 6) is 0.0696. The van der Waals surface area contributed by atoms with Crippen LogP contribution in [0.4, 0.5) is 0 Å². The molecule has 0 aromatic rings. The third kappa shape index (κ3) is 4.06. The number of carbonyl (C=O) groups is 1. The van der Waals surface area contributed by atoms with E-state index in [9.17, 15) is 4.79 Å². The quantitative estimate of drug-likeness (QED) is 0.528. The van der Waals surface area contributed by atoms with Crippen molar-refractivity contribution >= 4 is 5.91 Å². The highest BCUT2D eigenvalue weighted by Crippen LogP contribution is 2.20. The van der Waals surface area contributed by atoms with Crippen molar-refractivity contribution in [3.63, 3.8) is 0 Å². The monoisotopic (exact) mass is 234 g/mol. The van der Waals surface area contributed by atoms with Gasteiger partial charge in [-0.05, 0) is 25.0 Å². The molecule has 1 aliphatic rings. The molecule has 0 spiro atoms. The van der Waals surface area contributed by atoms with Crippen LogP contribution in [0.5, 0.6) is 0 Å². The molecule has 0 aromatic carbocycles. The first-order chi connectivity index (χ1) is 8.00. The van der Waals surface area contributed by atoms with Crippen molar-refractivity contribution in [1.29, 1.82) is 0 Å². The Hall–Kier alpha value is -2.17. The summed E-state index contributed by atoms with van der Waals surface area (Å²) in [6.07, 6.45) is 8.87. The molecule has 92 valence electrons. The molecule has 5 nitrogen and oxygen atoms in total. The Balaban J connectivity index is 2.91. The second-order valence-corrected chi connectivity index (χ2v) is 3.78. The highest BCUT2D eigenvalue weighted by Gasteiger charge is 2.11. The van der Waals surface area contributed by atoms with E-state index in [0.717, 1.165) is 24.1 Å². The first-order valence-electron chi connectivity index (χ1n) is 5.37. The second kappa shape index (κ2) is 5.79. The lowest BCUT2D eigenvalue weighted by Crippen LogP contribution is -2.23. The molecular formula is C12H18N4O. The van der Waals surface area contributed by atoms with Gasteiger partial charge in [-0.25, -0.2) is 0 Å². The minimum Gasteiger partial charge on any atom is -0.398 e. The predicted molar refractivity (Wildman–Crippen MR) is 67.9 cm³/mol. The second-order valence-electron chi connectivity index (χ2n) is 3.78. The zero-order valence-corrected chi connectivity index (χ0v) is 9.86. The van der Waals surface area contributed by atoms with Gasteiger partial charge >= 0.3 is 0 Å². The van der Waals surface area contributed by atoms with Crippen molar-refractivity contribution < 1.29 is 4.79 Å². The number of rotatable bonds is 3. The zero-order valence-electron chi connectivity index (χ0n) is 9.86. The fraction of sp³-hybridized carbons (Fsp3) is 0.250. The summed E-state index contributed by atoms with van der Waals surface area (Å²) >= 11 is 0. The van der Waals surface area contributed by atoms with Crippen LogP contribution in [0.15, 0.2) is 47.1 Å². The highest BCUT2D eigenvalue weighted by atomic mass is 16.1. The maximum Gasteiger partial charge on any atom is 0.221 e. The minimum atomic E-state index is -0.120. The van der Waals surface area contributed by atoms with Gasteiger partial charge in [-0.15, -0.1) is 0 Å². The molecule has 1 aliphatic carbocycles.